The molecule has 0 atom stereocenters. The molecule has 1 fully saturated rings. The molecule has 0 aliphatic carbocycles. The van der Waals surface area contributed by atoms with E-state index < -0.39 is 0 Å². The number of aromatic nitrogens is 3. The zero-order valence-corrected chi connectivity index (χ0v) is 14.2. The third-order valence-corrected chi connectivity index (χ3v) is 4.59. The molecule has 0 N–H and O–H groups in total. The van der Waals surface area contributed by atoms with Crippen molar-refractivity contribution in [3.8, 4) is 0 Å². The fourth-order valence-corrected chi connectivity index (χ4v) is 2.99. The first-order chi connectivity index (χ1) is 11.5. The second kappa shape index (κ2) is 7.11. The molecular formula is C17H23N5O2. The van der Waals surface area contributed by atoms with Crippen LogP contribution in [-0.2, 0) is 27.2 Å². The summed E-state index contributed by atoms with van der Waals surface area (Å²) in [7, 11) is 3.22. The van der Waals surface area contributed by atoms with Crippen LogP contribution in [0, 0.1) is 0 Å². The summed E-state index contributed by atoms with van der Waals surface area (Å²) >= 11 is 0. The van der Waals surface area contributed by atoms with Gasteiger partial charge in [-0.25, -0.2) is 4.79 Å². The molecule has 2 aromatic rings. The normalized spacial score (nSPS) is 16.4. The van der Waals surface area contributed by atoms with Crippen molar-refractivity contribution in [1.82, 2.24) is 23.9 Å². The largest absolute Gasteiger partial charge is 0.330 e. The molecule has 3 rings (SSSR count). The third-order valence-electron chi connectivity index (χ3n) is 4.59. The van der Waals surface area contributed by atoms with E-state index in [0.717, 1.165) is 48.7 Å². The van der Waals surface area contributed by atoms with Gasteiger partial charge in [0.15, 0.2) is 0 Å². The van der Waals surface area contributed by atoms with Gasteiger partial charge in [-0.15, -0.1) is 0 Å². The average molecular weight is 329 g/mol. The Morgan fingerprint density at radius 1 is 0.958 bits per heavy atom. The molecule has 0 spiro atoms. The zero-order valence-electron chi connectivity index (χ0n) is 14.2. The van der Waals surface area contributed by atoms with E-state index in [2.05, 4.69) is 14.8 Å². The molecule has 0 bridgehead atoms. The Balaban J connectivity index is 1.60. The van der Waals surface area contributed by atoms with Crippen molar-refractivity contribution in [2.75, 3.05) is 26.2 Å². The van der Waals surface area contributed by atoms with Crippen LogP contribution < -0.4 is 11.2 Å². The lowest BCUT2D eigenvalue weighted by molar-refractivity contribution is 0.119. The van der Waals surface area contributed by atoms with E-state index in [4.69, 9.17) is 0 Å². The Labute approximate surface area is 140 Å². The van der Waals surface area contributed by atoms with Gasteiger partial charge in [0.1, 0.15) is 0 Å². The van der Waals surface area contributed by atoms with Gasteiger partial charge < -0.3 is 0 Å². The Hall–Kier alpha value is -2.25. The summed E-state index contributed by atoms with van der Waals surface area (Å²) in [6.07, 6.45) is 1.82. The fraction of sp³-hybridized carbons (Fsp3) is 0.471. The minimum Gasteiger partial charge on any atom is -0.299 e. The molecular weight excluding hydrogens is 306 g/mol. The number of rotatable bonds is 4. The second-order valence-corrected chi connectivity index (χ2v) is 6.25. The topological polar surface area (TPSA) is 63.4 Å². The predicted octanol–water partition coefficient (Wildman–Crippen LogP) is -0.203. The molecule has 0 aromatic carbocycles. The summed E-state index contributed by atoms with van der Waals surface area (Å²) in [6, 6.07) is 7.54. The van der Waals surface area contributed by atoms with Gasteiger partial charge in [-0.2, -0.15) is 0 Å². The van der Waals surface area contributed by atoms with E-state index >= 15 is 0 Å². The average Bonchev–Trinajstić information content (AvgIpc) is 2.60. The number of pyridine rings is 1. The molecule has 128 valence electrons. The molecule has 0 radical (unpaired) electrons. The second-order valence-electron chi connectivity index (χ2n) is 6.25. The molecule has 1 aliphatic rings. The molecule has 3 heterocycles. The van der Waals surface area contributed by atoms with Gasteiger partial charge in [0, 0.05) is 71.3 Å². The molecule has 0 unspecified atom stereocenters. The summed E-state index contributed by atoms with van der Waals surface area (Å²) in [5, 5.41) is 0. The van der Waals surface area contributed by atoms with Crippen LogP contribution in [0.3, 0.4) is 0 Å². The van der Waals surface area contributed by atoms with Crippen LogP contribution in [0.25, 0.3) is 0 Å². The van der Waals surface area contributed by atoms with Crippen molar-refractivity contribution < 1.29 is 0 Å². The number of hydrogen-bond donors (Lipinski definition) is 0. The Morgan fingerprint density at radius 3 is 2.25 bits per heavy atom. The third kappa shape index (κ3) is 3.63. The highest BCUT2D eigenvalue weighted by molar-refractivity contribution is 5.04. The van der Waals surface area contributed by atoms with Gasteiger partial charge in [-0.3, -0.25) is 28.7 Å². The van der Waals surface area contributed by atoms with Crippen LogP contribution in [0.1, 0.15) is 11.4 Å². The standard InChI is InChI=1S/C17H23N5O2/c1-19-15(11-16(23)20(2)17(19)24)13-22-9-7-21(8-10-22)12-14-5-3-4-6-18-14/h3-6,11H,7-10,12-13H2,1-2H3. The first-order valence-electron chi connectivity index (χ1n) is 8.15. The highest BCUT2D eigenvalue weighted by Gasteiger charge is 2.18. The van der Waals surface area contributed by atoms with Crippen LogP contribution in [0.15, 0.2) is 40.1 Å². The van der Waals surface area contributed by atoms with Crippen molar-refractivity contribution in [3.05, 3.63) is 62.7 Å². The van der Waals surface area contributed by atoms with E-state index in [1.165, 1.54) is 7.05 Å². The van der Waals surface area contributed by atoms with Crippen molar-refractivity contribution in [2.24, 2.45) is 14.1 Å². The molecule has 0 saturated carbocycles. The minimum absolute atomic E-state index is 0.248. The summed E-state index contributed by atoms with van der Waals surface area (Å²) in [5.74, 6) is 0. The first kappa shape index (κ1) is 16.6. The lowest BCUT2D eigenvalue weighted by Gasteiger charge is -2.34. The van der Waals surface area contributed by atoms with Crippen LogP contribution in [0.2, 0.25) is 0 Å². The molecule has 7 nitrogen and oxygen atoms in total. The predicted molar refractivity (Wildman–Crippen MR) is 91.7 cm³/mol. The summed E-state index contributed by atoms with van der Waals surface area (Å²) < 4.78 is 2.69. The van der Waals surface area contributed by atoms with Crippen LogP contribution in [-0.4, -0.2) is 50.1 Å². The molecule has 0 amide bonds. The van der Waals surface area contributed by atoms with Crippen LogP contribution in [0.4, 0.5) is 0 Å². The van der Waals surface area contributed by atoms with Gasteiger partial charge in [0.2, 0.25) is 0 Å². The monoisotopic (exact) mass is 329 g/mol. The van der Waals surface area contributed by atoms with E-state index in [-0.39, 0.29) is 11.2 Å². The maximum Gasteiger partial charge on any atom is 0.330 e. The summed E-state index contributed by atoms with van der Waals surface area (Å²) in [6.45, 7) is 5.22. The molecule has 2 aromatic heterocycles. The lowest BCUT2D eigenvalue weighted by atomic mass is 10.2. The molecule has 1 saturated heterocycles. The van der Waals surface area contributed by atoms with Crippen LogP contribution >= 0.6 is 0 Å². The lowest BCUT2D eigenvalue weighted by Crippen LogP contribution is -2.46. The van der Waals surface area contributed by atoms with Crippen molar-refractivity contribution >= 4 is 0 Å². The zero-order chi connectivity index (χ0) is 17.1. The number of nitrogens with zero attached hydrogens (tertiary/aromatic N) is 5. The minimum atomic E-state index is -0.272. The summed E-state index contributed by atoms with van der Waals surface area (Å²) in [4.78, 5) is 32.9. The highest BCUT2D eigenvalue weighted by atomic mass is 16.2. The van der Waals surface area contributed by atoms with E-state index in [1.54, 1.807) is 17.7 Å². The van der Waals surface area contributed by atoms with Gasteiger partial charge >= 0.3 is 5.69 Å². The van der Waals surface area contributed by atoms with Gasteiger partial charge in [-0.05, 0) is 12.1 Å². The Bertz CT molecular complexity index is 804. The van der Waals surface area contributed by atoms with Crippen molar-refractivity contribution in [2.45, 2.75) is 13.1 Å². The van der Waals surface area contributed by atoms with Gasteiger partial charge in [0.05, 0.1) is 5.69 Å². The molecule has 24 heavy (non-hydrogen) atoms. The van der Waals surface area contributed by atoms with Gasteiger partial charge in [-0.1, -0.05) is 6.07 Å². The smallest absolute Gasteiger partial charge is 0.299 e. The van der Waals surface area contributed by atoms with E-state index in [9.17, 15) is 9.59 Å². The van der Waals surface area contributed by atoms with E-state index in [0.29, 0.717) is 6.54 Å². The fourth-order valence-electron chi connectivity index (χ4n) is 2.99. The van der Waals surface area contributed by atoms with Crippen LogP contribution in [0.5, 0.6) is 0 Å². The maximum absolute atomic E-state index is 12.0. The summed E-state index contributed by atoms with van der Waals surface area (Å²) in [5.41, 5.74) is 1.33. The Morgan fingerprint density at radius 2 is 1.62 bits per heavy atom. The Kier molecular flexibility index (Phi) is 4.92. The highest BCUT2D eigenvalue weighted by Crippen LogP contribution is 2.09. The first-order valence-corrected chi connectivity index (χ1v) is 8.15. The molecule has 1 aliphatic heterocycles. The van der Waals surface area contributed by atoms with Crippen molar-refractivity contribution in [3.63, 3.8) is 0 Å². The quantitative estimate of drug-likeness (QED) is 0.777. The van der Waals surface area contributed by atoms with E-state index in [1.807, 2.05) is 24.4 Å². The SMILES string of the molecule is Cn1c(CN2CCN(Cc3ccccn3)CC2)cc(=O)n(C)c1=O. The number of hydrogen-bond acceptors (Lipinski definition) is 5. The maximum atomic E-state index is 12.0. The number of piperazine rings is 1. The van der Waals surface area contributed by atoms with Crippen molar-refractivity contribution in [1.29, 1.82) is 0 Å². The molecule has 7 heteroatoms. The van der Waals surface area contributed by atoms with Gasteiger partial charge in [0.25, 0.3) is 5.56 Å².